The summed E-state index contributed by atoms with van der Waals surface area (Å²) >= 11 is 0. The molecule has 43 heavy (non-hydrogen) atoms. The van der Waals surface area contributed by atoms with Crippen molar-refractivity contribution in [3.05, 3.63) is 0 Å². The maximum absolute atomic E-state index is 3.59. The molecule has 0 aromatic rings. The van der Waals surface area contributed by atoms with Crippen molar-refractivity contribution in [1.82, 2.24) is 31.9 Å². The van der Waals surface area contributed by atoms with Crippen LogP contribution < -0.4 is 31.9 Å². The van der Waals surface area contributed by atoms with Gasteiger partial charge in [0.15, 0.2) is 0 Å². The third-order valence-corrected chi connectivity index (χ3v) is 11.2. The van der Waals surface area contributed by atoms with E-state index < -0.39 is 0 Å². The molecule has 260 valence electrons. The number of hydrogen-bond acceptors (Lipinski definition) is 6. The Morgan fingerprint density at radius 1 is 0.302 bits per heavy atom. The van der Waals surface area contributed by atoms with Crippen LogP contribution in [-0.4, -0.2) is 75.5 Å². The molecule has 0 amide bonds. The third-order valence-electron chi connectivity index (χ3n) is 11.2. The summed E-state index contributed by atoms with van der Waals surface area (Å²) in [6, 6.07) is 5.30. The zero-order valence-corrected chi connectivity index (χ0v) is 23.6. The van der Waals surface area contributed by atoms with Gasteiger partial charge in [0, 0.05) is 49.3 Å². The fourth-order valence-electron chi connectivity index (χ4n) is 8.81. The van der Waals surface area contributed by atoms with Crippen LogP contribution in [0.5, 0.6) is 0 Å². The van der Waals surface area contributed by atoms with E-state index in [1.165, 1.54) is 136 Å². The van der Waals surface area contributed by atoms with Gasteiger partial charge in [-0.3, -0.25) is 0 Å². The smallest absolute Gasteiger partial charge is 0.0208 e. The molecule has 3 saturated carbocycles. The second-order valence-electron chi connectivity index (χ2n) is 14.3. The van der Waals surface area contributed by atoms with Gasteiger partial charge in [0.05, 0.1) is 0 Å². The van der Waals surface area contributed by atoms with E-state index in [2.05, 4.69) is 31.9 Å². The van der Waals surface area contributed by atoms with Gasteiger partial charge < -0.3 is 31.9 Å². The molecule has 3 aliphatic carbocycles. The second-order valence-corrected chi connectivity index (χ2v) is 14.3. The molecule has 0 radical (unpaired) electrons. The number of piperazine rings is 1. The van der Waals surface area contributed by atoms with Gasteiger partial charge >= 0.3 is 0 Å². The third kappa shape index (κ3) is 12.8. The fraction of sp³-hybridized carbons (Fsp3) is 1.00. The van der Waals surface area contributed by atoms with Gasteiger partial charge in [0.2, 0.25) is 0 Å². The summed E-state index contributed by atoms with van der Waals surface area (Å²) in [5.41, 5.74) is 0. The molecule has 9 heterocycles. The van der Waals surface area contributed by atoms with Crippen molar-refractivity contribution in [1.29, 1.82) is 0 Å². The van der Waals surface area contributed by atoms with Crippen molar-refractivity contribution >= 4 is 0 Å². The predicted molar refractivity (Wildman–Crippen MR) is 194 cm³/mol. The van der Waals surface area contributed by atoms with Crippen molar-refractivity contribution < 1.29 is 0 Å². The lowest BCUT2D eigenvalue weighted by molar-refractivity contribution is 0.135. The van der Waals surface area contributed by atoms with E-state index in [0.29, 0.717) is 0 Å². The van der Waals surface area contributed by atoms with Gasteiger partial charge in [-0.15, -0.1) is 0 Å². The number of rotatable bonds is 0. The average molecular weight is 611 g/mol. The highest BCUT2D eigenvalue weighted by Crippen LogP contribution is 2.35. The van der Waals surface area contributed by atoms with Gasteiger partial charge in [-0.2, -0.15) is 0 Å². The molecule has 6 N–H and O–H groups in total. The first kappa shape index (κ1) is 42.8. The Bertz CT molecular complexity index is 559. The molecule has 6 nitrogen and oxygen atoms in total. The Labute approximate surface area is 271 Å². The minimum Gasteiger partial charge on any atom is -0.316 e. The number of piperidine rings is 5. The number of hydrogen-bond donors (Lipinski definition) is 6. The molecule has 8 unspecified atom stereocenters. The summed E-state index contributed by atoms with van der Waals surface area (Å²) in [4.78, 5) is 0. The molecule has 0 aromatic carbocycles. The number of nitrogens with one attached hydrogen (secondary N) is 6. The topological polar surface area (TPSA) is 72.2 Å². The summed E-state index contributed by atoms with van der Waals surface area (Å²) in [6.45, 7) is 7.61. The SMILES string of the molecule is C.C.C.C.C.C.C1CC2CC(C1)N2.C1CC2CCC(C1)N2.C1CC2CNCC1C2.C1NC2CNC1C2.C1NCC2CC1C2. The minimum absolute atomic E-state index is 0. The van der Waals surface area contributed by atoms with E-state index in [0.717, 1.165) is 59.9 Å². The van der Waals surface area contributed by atoms with Crippen molar-refractivity contribution in [3.63, 3.8) is 0 Å². The Balaban J connectivity index is 0.000000496. The van der Waals surface area contributed by atoms with Crippen LogP contribution in [0, 0.1) is 23.7 Å². The Hall–Kier alpha value is -0.240. The Morgan fingerprint density at radius 3 is 0.930 bits per heavy atom. The van der Waals surface area contributed by atoms with Crippen LogP contribution in [0.25, 0.3) is 0 Å². The lowest BCUT2D eigenvalue weighted by Gasteiger charge is -2.42. The summed E-state index contributed by atoms with van der Waals surface area (Å²) in [5, 5.41) is 20.7. The average Bonchev–Trinajstić information content (AvgIpc) is 3.73. The highest BCUT2D eigenvalue weighted by molar-refractivity contribution is 4.94. The van der Waals surface area contributed by atoms with Crippen molar-refractivity contribution in [3.8, 4) is 0 Å². The molecule has 0 spiro atoms. The van der Waals surface area contributed by atoms with Crippen LogP contribution in [-0.2, 0) is 0 Å². The van der Waals surface area contributed by atoms with Crippen LogP contribution in [0.1, 0.15) is 141 Å². The first-order valence-electron chi connectivity index (χ1n) is 16.7. The van der Waals surface area contributed by atoms with E-state index in [1.807, 2.05) is 0 Å². The maximum Gasteiger partial charge on any atom is 0.0208 e. The zero-order valence-electron chi connectivity index (χ0n) is 23.6. The molecule has 0 aromatic heterocycles. The van der Waals surface area contributed by atoms with Crippen LogP contribution in [0.4, 0.5) is 0 Å². The quantitative estimate of drug-likeness (QED) is 0.178. The zero-order chi connectivity index (χ0) is 24.9. The lowest BCUT2D eigenvalue weighted by atomic mass is 9.72. The van der Waals surface area contributed by atoms with E-state index in [1.54, 1.807) is 0 Å². The fourth-order valence-corrected chi connectivity index (χ4v) is 8.81. The van der Waals surface area contributed by atoms with Crippen molar-refractivity contribution in [2.24, 2.45) is 23.7 Å². The molecule has 9 aliphatic heterocycles. The van der Waals surface area contributed by atoms with Gasteiger partial charge in [-0.25, -0.2) is 0 Å². The first-order valence-corrected chi connectivity index (χ1v) is 16.7. The monoisotopic (exact) mass is 611 g/mol. The second kappa shape index (κ2) is 21.5. The molecule has 6 heteroatoms. The molecule has 12 aliphatic rings. The Morgan fingerprint density at radius 2 is 0.674 bits per heavy atom. The van der Waals surface area contributed by atoms with Crippen LogP contribution >= 0.6 is 0 Å². The van der Waals surface area contributed by atoms with Gasteiger partial charge in [-0.1, -0.05) is 57.4 Å². The summed E-state index contributed by atoms with van der Waals surface area (Å²) in [6.07, 6.45) is 22.0. The normalized spacial score (nSPS) is 40.2. The predicted octanol–water partition coefficient (Wildman–Crippen LogP) is 6.95. The van der Waals surface area contributed by atoms with E-state index in [-0.39, 0.29) is 44.6 Å². The van der Waals surface area contributed by atoms with Crippen molar-refractivity contribution in [2.45, 2.75) is 177 Å². The first-order chi connectivity index (χ1) is 18.2. The summed E-state index contributed by atoms with van der Waals surface area (Å²) < 4.78 is 0. The maximum atomic E-state index is 3.59. The molecule has 9 saturated heterocycles. The summed E-state index contributed by atoms with van der Waals surface area (Å²) in [5.74, 6) is 4.24. The summed E-state index contributed by atoms with van der Waals surface area (Å²) in [7, 11) is 0. The molecular weight excluding hydrogens is 528 g/mol. The lowest BCUT2D eigenvalue weighted by Crippen LogP contribution is -2.55. The van der Waals surface area contributed by atoms with Crippen LogP contribution in [0.2, 0.25) is 0 Å². The molecule has 8 atom stereocenters. The van der Waals surface area contributed by atoms with Gasteiger partial charge in [0.1, 0.15) is 0 Å². The van der Waals surface area contributed by atoms with E-state index in [4.69, 9.17) is 0 Å². The van der Waals surface area contributed by atoms with Gasteiger partial charge in [-0.05, 0) is 133 Å². The largest absolute Gasteiger partial charge is 0.316 e. The Kier molecular flexibility index (Phi) is 21.4. The van der Waals surface area contributed by atoms with Crippen LogP contribution in [0.15, 0.2) is 0 Å². The highest BCUT2D eigenvalue weighted by Gasteiger charge is 2.33. The van der Waals surface area contributed by atoms with Gasteiger partial charge in [0.25, 0.3) is 0 Å². The van der Waals surface area contributed by atoms with E-state index >= 15 is 0 Å². The number of fused-ring (bicyclic) bond motifs is 10. The molecular formula is C37H82N6. The molecule has 10 bridgehead atoms. The minimum atomic E-state index is 0. The standard InChI is InChI=1S/2C7H13N.2C6H11N.C5H10N2.6CH4/c1-2-7-3-6(1)4-8-5-7;1-2-6-4-5-7(3-1)8-6;1-5-2-6(1)4-7-3-5;1-2-5-4-6(3-1)7-5;1-4-2-6-5(1)3-7-4;;;;;;/h2*6-8H,1-5H2;2*5-7H,1-4H2;4-7H,1-3H2;6*1H4. The highest BCUT2D eigenvalue weighted by atomic mass is 15.1. The molecule has 12 rings (SSSR count). The van der Waals surface area contributed by atoms with E-state index in [9.17, 15) is 0 Å². The molecule has 12 fully saturated rings. The van der Waals surface area contributed by atoms with Crippen LogP contribution in [0.3, 0.4) is 0 Å². The van der Waals surface area contributed by atoms with Crippen molar-refractivity contribution in [2.75, 3.05) is 39.3 Å².